The first kappa shape index (κ1) is 14.9. The summed E-state index contributed by atoms with van der Waals surface area (Å²) in [6.45, 7) is 1.99. The average Bonchev–Trinajstić information content (AvgIpc) is 2.42. The molecule has 0 aliphatic heterocycles. The number of halogens is 1. The van der Waals surface area contributed by atoms with E-state index in [0.717, 1.165) is 28.1 Å². The molecular weight excluding hydrogens is 318 g/mol. The van der Waals surface area contributed by atoms with Crippen LogP contribution < -0.4 is 15.2 Å². The second-order valence-electron chi connectivity index (χ2n) is 4.71. The van der Waals surface area contributed by atoms with Crippen LogP contribution in [0.25, 0.3) is 0 Å². The molecule has 0 bridgehead atoms. The van der Waals surface area contributed by atoms with Gasteiger partial charge in [0.15, 0.2) is 0 Å². The maximum atomic E-state index is 5.82. The van der Waals surface area contributed by atoms with Crippen LogP contribution >= 0.6 is 15.9 Å². The molecule has 0 aromatic heterocycles. The van der Waals surface area contributed by atoms with E-state index in [1.165, 1.54) is 5.56 Å². The molecule has 0 spiro atoms. The molecule has 0 saturated heterocycles. The van der Waals surface area contributed by atoms with Gasteiger partial charge in [-0.25, -0.2) is 0 Å². The fourth-order valence-electron chi connectivity index (χ4n) is 1.88. The van der Waals surface area contributed by atoms with Gasteiger partial charge in [-0.1, -0.05) is 22.0 Å². The van der Waals surface area contributed by atoms with Crippen LogP contribution in [0, 0.1) is 0 Å². The third-order valence-electron chi connectivity index (χ3n) is 2.86. The summed E-state index contributed by atoms with van der Waals surface area (Å²) in [6.07, 6.45) is 0.837. The van der Waals surface area contributed by atoms with Gasteiger partial charge in [0.1, 0.15) is 17.2 Å². The highest BCUT2D eigenvalue weighted by Crippen LogP contribution is 2.28. The normalized spacial score (nSPS) is 12.0. The van der Waals surface area contributed by atoms with Crippen LogP contribution in [0.1, 0.15) is 12.5 Å². The van der Waals surface area contributed by atoms with Crippen LogP contribution in [-0.2, 0) is 6.42 Å². The van der Waals surface area contributed by atoms with E-state index in [9.17, 15) is 0 Å². The Bertz CT molecular complexity index is 567. The molecule has 0 saturated carbocycles. The molecule has 106 valence electrons. The minimum absolute atomic E-state index is 0.139. The highest BCUT2D eigenvalue weighted by atomic mass is 79.9. The molecule has 0 fully saturated rings. The predicted octanol–water partition coefficient (Wildman–Crippen LogP) is 4.14. The number of nitrogens with two attached hydrogens (primary N) is 1. The largest absolute Gasteiger partial charge is 0.497 e. The topological polar surface area (TPSA) is 44.5 Å². The second-order valence-corrected chi connectivity index (χ2v) is 5.57. The zero-order valence-corrected chi connectivity index (χ0v) is 13.2. The summed E-state index contributed by atoms with van der Waals surface area (Å²) in [6, 6.07) is 13.6. The molecule has 20 heavy (non-hydrogen) atoms. The van der Waals surface area contributed by atoms with E-state index < -0.39 is 0 Å². The van der Waals surface area contributed by atoms with E-state index in [1.54, 1.807) is 7.11 Å². The molecule has 0 amide bonds. The Morgan fingerprint density at radius 1 is 1.05 bits per heavy atom. The fourth-order valence-corrected chi connectivity index (χ4v) is 2.40. The van der Waals surface area contributed by atoms with Crippen LogP contribution in [0.15, 0.2) is 46.9 Å². The lowest BCUT2D eigenvalue weighted by Gasteiger charge is -2.11. The quantitative estimate of drug-likeness (QED) is 0.892. The van der Waals surface area contributed by atoms with Gasteiger partial charge in [-0.2, -0.15) is 0 Å². The summed E-state index contributed by atoms with van der Waals surface area (Å²) in [5.74, 6) is 2.37. The molecule has 3 nitrogen and oxygen atoms in total. The van der Waals surface area contributed by atoms with Crippen molar-refractivity contribution in [2.24, 2.45) is 5.73 Å². The van der Waals surface area contributed by atoms with Crippen LogP contribution in [0.4, 0.5) is 0 Å². The Hall–Kier alpha value is -1.52. The van der Waals surface area contributed by atoms with Crippen LogP contribution in [0.3, 0.4) is 0 Å². The third-order valence-corrected chi connectivity index (χ3v) is 3.60. The summed E-state index contributed by atoms with van der Waals surface area (Å²) < 4.78 is 11.9. The summed E-state index contributed by atoms with van der Waals surface area (Å²) >= 11 is 3.56. The Kier molecular flexibility index (Phi) is 5.04. The lowest BCUT2D eigenvalue weighted by molar-refractivity contribution is 0.413. The molecule has 2 aromatic carbocycles. The SMILES string of the molecule is COc1ccc(Oc2ccc(CC(C)N)c(Br)c2)cc1. The molecule has 0 radical (unpaired) electrons. The van der Waals surface area contributed by atoms with Crippen LogP contribution in [0.5, 0.6) is 17.2 Å². The van der Waals surface area contributed by atoms with Gasteiger partial charge in [0.25, 0.3) is 0 Å². The Balaban J connectivity index is 2.11. The van der Waals surface area contributed by atoms with Crippen molar-refractivity contribution in [3.63, 3.8) is 0 Å². The van der Waals surface area contributed by atoms with E-state index >= 15 is 0 Å². The number of hydrogen-bond acceptors (Lipinski definition) is 3. The van der Waals surface area contributed by atoms with Crippen LogP contribution in [-0.4, -0.2) is 13.2 Å². The standard InChI is InChI=1S/C16H18BrNO2/c1-11(18)9-12-3-4-15(10-16(12)17)20-14-7-5-13(19-2)6-8-14/h3-8,10-11H,9,18H2,1-2H3. The van der Waals surface area contributed by atoms with Crippen molar-refractivity contribution in [1.29, 1.82) is 0 Å². The van der Waals surface area contributed by atoms with Crippen molar-refractivity contribution in [2.45, 2.75) is 19.4 Å². The van der Waals surface area contributed by atoms with Crippen molar-refractivity contribution < 1.29 is 9.47 Å². The lowest BCUT2D eigenvalue weighted by Crippen LogP contribution is -2.17. The van der Waals surface area contributed by atoms with Gasteiger partial charge in [-0.05, 0) is 55.3 Å². The average molecular weight is 336 g/mol. The number of ether oxygens (including phenoxy) is 2. The maximum Gasteiger partial charge on any atom is 0.128 e. The molecule has 0 aliphatic rings. The van der Waals surface area contributed by atoms with Gasteiger partial charge in [0, 0.05) is 10.5 Å². The smallest absolute Gasteiger partial charge is 0.128 e. The van der Waals surface area contributed by atoms with E-state index in [4.69, 9.17) is 15.2 Å². The van der Waals surface area contributed by atoms with E-state index in [2.05, 4.69) is 15.9 Å². The molecule has 1 unspecified atom stereocenters. The molecule has 0 heterocycles. The van der Waals surface area contributed by atoms with Gasteiger partial charge in [0.05, 0.1) is 7.11 Å². The maximum absolute atomic E-state index is 5.82. The second kappa shape index (κ2) is 6.77. The van der Waals surface area contributed by atoms with Gasteiger partial charge in [-0.3, -0.25) is 0 Å². The van der Waals surface area contributed by atoms with Crippen LogP contribution in [0.2, 0.25) is 0 Å². The molecule has 1 atom stereocenters. The predicted molar refractivity (Wildman–Crippen MR) is 84.6 cm³/mol. The number of hydrogen-bond donors (Lipinski definition) is 1. The molecule has 2 N–H and O–H groups in total. The summed E-state index contributed by atoms with van der Waals surface area (Å²) in [7, 11) is 1.64. The first-order chi connectivity index (χ1) is 9.58. The molecule has 2 aromatic rings. The zero-order valence-electron chi connectivity index (χ0n) is 11.6. The molecule has 4 heteroatoms. The third kappa shape index (κ3) is 3.99. The molecular formula is C16H18BrNO2. The van der Waals surface area contributed by atoms with Gasteiger partial charge in [0.2, 0.25) is 0 Å². The van der Waals surface area contributed by atoms with Gasteiger partial charge < -0.3 is 15.2 Å². The van der Waals surface area contributed by atoms with Crippen molar-refractivity contribution in [1.82, 2.24) is 0 Å². The number of benzene rings is 2. The van der Waals surface area contributed by atoms with Crippen molar-refractivity contribution in [2.75, 3.05) is 7.11 Å². The fraction of sp³-hybridized carbons (Fsp3) is 0.250. The van der Waals surface area contributed by atoms with E-state index in [-0.39, 0.29) is 6.04 Å². The Labute approximate surface area is 127 Å². The summed E-state index contributed by atoms with van der Waals surface area (Å²) in [5.41, 5.74) is 7.00. The first-order valence-electron chi connectivity index (χ1n) is 6.44. The van der Waals surface area contributed by atoms with Gasteiger partial charge in [-0.15, -0.1) is 0 Å². The summed E-state index contributed by atoms with van der Waals surface area (Å²) in [5, 5.41) is 0. The summed E-state index contributed by atoms with van der Waals surface area (Å²) in [4.78, 5) is 0. The Morgan fingerprint density at radius 3 is 2.20 bits per heavy atom. The van der Waals surface area contributed by atoms with Crippen molar-refractivity contribution >= 4 is 15.9 Å². The van der Waals surface area contributed by atoms with Crippen molar-refractivity contribution in [3.8, 4) is 17.2 Å². The highest BCUT2D eigenvalue weighted by molar-refractivity contribution is 9.10. The van der Waals surface area contributed by atoms with Crippen molar-refractivity contribution in [3.05, 3.63) is 52.5 Å². The molecule has 2 rings (SSSR count). The number of methoxy groups -OCH3 is 1. The minimum atomic E-state index is 0.139. The highest BCUT2D eigenvalue weighted by Gasteiger charge is 2.05. The van der Waals surface area contributed by atoms with E-state index in [1.807, 2.05) is 49.4 Å². The number of rotatable bonds is 5. The Morgan fingerprint density at radius 2 is 1.65 bits per heavy atom. The molecule has 0 aliphatic carbocycles. The first-order valence-corrected chi connectivity index (χ1v) is 7.23. The van der Waals surface area contributed by atoms with E-state index in [0.29, 0.717) is 0 Å². The monoisotopic (exact) mass is 335 g/mol. The van der Waals surface area contributed by atoms with Gasteiger partial charge >= 0.3 is 0 Å². The minimum Gasteiger partial charge on any atom is -0.497 e. The zero-order chi connectivity index (χ0) is 14.5. The lowest BCUT2D eigenvalue weighted by atomic mass is 10.1.